The first kappa shape index (κ1) is 35.9. The van der Waals surface area contributed by atoms with Crippen molar-refractivity contribution in [1.29, 1.82) is 0 Å². The first-order valence-electron chi connectivity index (χ1n) is 11.4. The minimum absolute atomic E-state index is 0. The van der Waals surface area contributed by atoms with Crippen LogP contribution in [0.5, 0.6) is 17.2 Å². The maximum absolute atomic E-state index is 9.31. The van der Waals surface area contributed by atoms with Crippen LogP contribution in [0.1, 0.15) is 0 Å². The second-order valence-corrected chi connectivity index (χ2v) is 19.1. The molecule has 0 atom stereocenters. The Bertz CT molecular complexity index is 1490. The van der Waals surface area contributed by atoms with Gasteiger partial charge in [0, 0.05) is 61.3 Å². The summed E-state index contributed by atoms with van der Waals surface area (Å²) in [5.74, 6) is 1.30. The van der Waals surface area contributed by atoms with Crippen LogP contribution in [0.25, 0.3) is 32.7 Å². The molecule has 0 amide bonds. The van der Waals surface area contributed by atoms with Crippen molar-refractivity contribution in [2.75, 3.05) is 14.2 Å². The van der Waals surface area contributed by atoms with E-state index in [-0.39, 0.29) is 31.0 Å². The summed E-state index contributed by atoms with van der Waals surface area (Å²) in [4.78, 5) is 12.3. The number of pyridine rings is 3. The minimum atomic E-state index is 0. The Morgan fingerprint density at radius 1 is 0.575 bits per heavy atom. The predicted octanol–water partition coefficient (Wildman–Crippen LogP) is 7.50. The molecule has 0 aliphatic rings. The fraction of sp³-hybridized carbons (Fsp3) is 0.0690. The number of ether oxygens (including phenoxy) is 1. The number of para-hydroxylation sites is 3. The summed E-state index contributed by atoms with van der Waals surface area (Å²) in [5, 5.41) is 28.7. The molecule has 203 valence electrons. The van der Waals surface area contributed by atoms with E-state index in [1.54, 1.807) is 50.0 Å². The third kappa shape index (κ3) is 11.1. The van der Waals surface area contributed by atoms with Crippen LogP contribution < -0.4 is 4.74 Å². The van der Waals surface area contributed by atoms with Gasteiger partial charge >= 0.3 is 49.4 Å². The van der Waals surface area contributed by atoms with E-state index in [2.05, 4.69) is 54.9 Å². The van der Waals surface area contributed by atoms with E-state index in [1.165, 1.54) is 0 Å². The molecule has 7 nitrogen and oxygen atoms in total. The summed E-state index contributed by atoms with van der Waals surface area (Å²) >= 11 is 4.74. The molecule has 0 bridgehead atoms. The van der Waals surface area contributed by atoms with Crippen LogP contribution in [0.2, 0.25) is 0 Å². The molecule has 0 spiro atoms. The number of phenolic OH excluding ortho intramolecular Hbond substituents is 2. The molecule has 3 N–H and O–H groups in total. The molecule has 3 aromatic carbocycles. The summed E-state index contributed by atoms with van der Waals surface area (Å²) in [6.07, 6.45) is 5.11. The van der Waals surface area contributed by atoms with Gasteiger partial charge in [-0.05, 0) is 36.4 Å². The molecule has 0 saturated carbocycles. The van der Waals surface area contributed by atoms with Crippen LogP contribution in [0.3, 0.4) is 0 Å². The molecule has 11 heteroatoms. The Kier molecular flexibility index (Phi) is 18.6. The molecule has 0 aliphatic heterocycles. The second kappa shape index (κ2) is 20.7. The zero-order valence-corrected chi connectivity index (χ0v) is 30.6. The third-order valence-electron chi connectivity index (χ3n) is 5.04. The Morgan fingerprint density at radius 3 is 1.27 bits per heavy atom. The van der Waals surface area contributed by atoms with E-state index in [9.17, 15) is 10.2 Å². The van der Waals surface area contributed by atoms with Gasteiger partial charge in [0.2, 0.25) is 0 Å². The normalized spacial score (nSPS) is 9.12. The maximum Gasteiger partial charge on any atom is 0 e. The standard InChI is InChI=1S/C10H9NO.2C9H7NO.CH4O.2HI.V.Zn/c1-12-9-6-2-4-8-5-3-7-11-10(8)9;2*11-8-5-1-3-7-4-2-6-10-9(7)8;1-2;;;;/h2-7H,1H3;2*1-6,11H;2H,1H3;2*1H;;/q;;;;;;+2;/p-2. The first-order chi connectivity index (χ1) is 19.1. The maximum atomic E-state index is 9.31. The zero-order valence-electron chi connectivity index (χ0n) is 21.9. The Balaban J connectivity index is 0.000000274. The van der Waals surface area contributed by atoms with Gasteiger partial charge in [-0.2, -0.15) is 0 Å². The zero-order chi connectivity index (χ0) is 28.5. The van der Waals surface area contributed by atoms with Crippen LogP contribution in [0, 0.1) is 0 Å². The van der Waals surface area contributed by atoms with Gasteiger partial charge in [0.25, 0.3) is 0 Å². The van der Waals surface area contributed by atoms with E-state index >= 15 is 0 Å². The summed E-state index contributed by atoms with van der Waals surface area (Å²) in [5.41, 5.74) is 2.24. The molecule has 3 heterocycles. The average Bonchev–Trinajstić information content (AvgIpc) is 3.00. The van der Waals surface area contributed by atoms with Gasteiger partial charge in [0.15, 0.2) is 0 Å². The quantitative estimate of drug-likeness (QED) is 0.116. The van der Waals surface area contributed by atoms with Gasteiger partial charge in [-0.1, -0.05) is 54.6 Å². The van der Waals surface area contributed by atoms with Crippen LogP contribution in [0.4, 0.5) is 0 Å². The fourth-order valence-corrected chi connectivity index (χ4v) is 3.42. The Hall–Kier alpha value is -2.08. The van der Waals surface area contributed by atoms with Crippen molar-refractivity contribution >= 4 is 72.7 Å². The second-order valence-electron chi connectivity index (χ2n) is 7.30. The number of nitrogens with zero attached hydrogens (tertiary/aromatic N) is 3. The Labute approximate surface area is 275 Å². The van der Waals surface area contributed by atoms with E-state index in [4.69, 9.17) is 9.84 Å². The summed E-state index contributed by atoms with van der Waals surface area (Å²) in [6, 6.07) is 28.1. The molecular weight excluding hydrogens is 824 g/mol. The molecule has 3 aromatic heterocycles. The van der Waals surface area contributed by atoms with Gasteiger partial charge in [-0.25, -0.2) is 0 Å². The van der Waals surface area contributed by atoms with Crippen molar-refractivity contribution in [2.45, 2.75) is 0 Å². The van der Waals surface area contributed by atoms with Crippen LogP contribution >= 0.6 is 40.0 Å². The van der Waals surface area contributed by atoms with Gasteiger partial charge in [0.05, 0.1) is 7.11 Å². The molecule has 40 heavy (non-hydrogen) atoms. The minimum Gasteiger partial charge on any atom is 0 e. The van der Waals surface area contributed by atoms with Gasteiger partial charge in [0.1, 0.15) is 33.8 Å². The van der Waals surface area contributed by atoms with E-state index in [1.807, 2.05) is 66.7 Å². The molecule has 0 saturated heterocycles. The average molecular weight is 852 g/mol. The number of benzene rings is 3. The number of methoxy groups -OCH3 is 1. The summed E-state index contributed by atoms with van der Waals surface area (Å²) < 4.78 is 5.16. The van der Waals surface area contributed by atoms with Crippen molar-refractivity contribution in [3.8, 4) is 17.2 Å². The number of fused-ring (bicyclic) bond motifs is 3. The van der Waals surface area contributed by atoms with Crippen molar-refractivity contribution < 1.29 is 49.0 Å². The predicted molar refractivity (Wildman–Crippen MR) is 171 cm³/mol. The number of aromatic hydroxyl groups is 2. The number of aliphatic hydroxyl groups is 1. The van der Waals surface area contributed by atoms with Crippen LogP contribution in [-0.2, 0) is 28.9 Å². The van der Waals surface area contributed by atoms with E-state index in [0.29, 0.717) is 20.5 Å². The van der Waals surface area contributed by atoms with Crippen LogP contribution in [0.15, 0.2) is 110 Å². The van der Waals surface area contributed by atoms with E-state index < -0.39 is 0 Å². The number of hydrogen-bond acceptors (Lipinski definition) is 7. The van der Waals surface area contributed by atoms with Gasteiger partial charge < -0.3 is 20.1 Å². The monoisotopic (exact) mass is 850 g/mol. The summed E-state index contributed by atoms with van der Waals surface area (Å²) in [6.45, 7) is 0. The molecule has 6 aromatic rings. The molecule has 0 fully saturated rings. The van der Waals surface area contributed by atoms with Crippen molar-refractivity contribution in [2.24, 2.45) is 0 Å². The molecule has 0 radical (unpaired) electrons. The van der Waals surface area contributed by atoms with Gasteiger partial charge in [-0.3, -0.25) is 15.0 Å². The number of aromatic nitrogens is 3. The number of rotatable bonds is 1. The number of hydrogen-bond donors (Lipinski definition) is 3. The summed E-state index contributed by atoms with van der Waals surface area (Å²) in [7, 11) is 3.28. The fourth-order valence-electron chi connectivity index (χ4n) is 3.42. The molecule has 6 rings (SSSR count). The number of halogens is 2. The van der Waals surface area contributed by atoms with Gasteiger partial charge in [-0.15, -0.1) is 0 Å². The molecule has 0 unspecified atom stereocenters. The van der Waals surface area contributed by atoms with E-state index in [0.717, 1.165) is 34.5 Å². The smallest absolute Gasteiger partial charge is 0 e. The van der Waals surface area contributed by atoms with Crippen LogP contribution in [-0.4, -0.2) is 44.5 Å². The van der Waals surface area contributed by atoms with Crippen molar-refractivity contribution in [3.05, 3.63) is 110 Å². The first-order valence-corrected chi connectivity index (χ1v) is 20.4. The topological polar surface area (TPSA) is 109 Å². The number of aliphatic hydroxyl groups excluding tert-OH is 1. The van der Waals surface area contributed by atoms with Crippen molar-refractivity contribution in [3.63, 3.8) is 0 Å². The Morgan fingerprint density at radius 2 is 0.900 bits per heavy atom. The van der Waals surface area contributed by atoms with Crippen molar-refractivity contribution in [1.82, 2.24) is 15.0 Å². The molecule has 0 aliphatic carbocycles. The molecular formula is C29H27I2N3O4VZn. The number of phenols is 2. The SMILES string of the molecule is CO.COc1cccc2cccnc12.Oc1cccc2cccnc12.Oc1cccc2cccnc12.[I][V][I].[Zn]. The largest absolute Gasteiger partial charge is 0 e. The third-order valence-corrected chi connectivity index (χ3v) is 5.04.